The number of carbonyl (C=O) groups excluding carboxylic acids is 3. The maximum absolute atomic E-state index is 12.9. The molecule has 0 aliphatic heterocycles. The molecule has 0 aliphatic rings. The SMILES string of the molecule is CC/C=C\C/C=C\C/C=C\C/C=C\CCCCC(=O)OCC(COP(=O)(O)OCC(CO)OC(=O)CCCCCCC/C=C\CCCCCC)OC(=O)CCCCCCC/C=C\C/C=C\C/C=C\CC. The van der Waals surface area contributed by atoms with Gasteiger partial charge in [-0.2, -0.15) is 0 Å². The summed E-state index contributed by atoms with van der Waals surface area (Å²) in [6, 6.07) is 0. The van der Waals surface area contributed by atoms with Crippen molar-refractivity contribution in [3.05, 3.63) is 97.2 Å². The van der Waals surface area contributed by atoms with Gasteiger partial charge in [0.15, 0.2) is 6.10 Å². The number of carbonyl (C=O) groups is 3. The van der Waals surface area contributed by atoms with Crippen molar-refractivity contribution in [2.75, 3.05) is 26.4 Å². The summed E-state index contributed by atoms with van der Waals surface area (Å²) >= 11 is 0. The number of allylic oxidation sites excluding steroid dienone is 16. The van der Waals surface area contributed by atoms with Crippen molar-refractivity contribution >= 4 is 25.7 Å². The third-order valence-corrected chi connectivity index (χ3v) is 11.9. The van der Waals surface area contributed by atoms with E-state index in [1.54, 1.807) is 0 Å². The number of esters is 3. The lowest BCUT2D eigenvalue weighted by atomic mass is 10.1. The zero-order valence-electron chi connectivity index (χ0n) is 43.9. The zero-order chi connectivity index (χ0) is 51.3. The molecule has 0 radical (unpaired) electrons. The highest BCUT2D eigenvalue weighted by Gasteiger charge is 2.28. The van der Waals surface area contributed by atoms with Crippen molar-refractivity contribution in [1.29, 1.82) is 0 Å². The van der Waals surface area contributed by atoms with Gasteiger partial charge in [0.2, 0.25) is 0 Å². The van der Waals surface area contributed by atoms with Crippen molar-refractivity contribution in [3.8, 4) is 0 Å². The number of hydrogen-bond acceptors (Lipinski definition) is 10. The summed E-state index contributed by atoms with van der Waals surface area (Å²) in [6.07, 6.45) is 59.4. The zero-order valence-corrected chi connectivity index (χ0v) is 44.8. The van der Waals surface area contributed by atoms with Gasteiger partial charge in [-0.1, -0.05) is 176 Å². The van der Waals surface area contributed by atoms with E-state index in [0.29, 0.717) is 19.3 Å². The first kappa shape index (κ1) is 66.4. The lowest BCUT2D eigenvalue weighted by molar-refractivity contribution is -0.161. The highest BCUT2D eigenvalue weighted by molar-refractivity contribution is 7.47. The van der Waals surface area contributed by atoms with Crippen LogP contribution in [0.4, 0.5) is 0 Å². The molecule has 11 nitrogen and oxygen atoms in total. The van der Waals surface area contributed by atoms with E-state index in [0.717, 1.165) is 128 Å². The van der Waals surface area contributed by atoms with Crippen LogP contribution in [-0.4, -0.2) is 66.5 Å². The quantitative estimate of drug-likeness (QED) is 0.0197. The van der Waals surface area contributed by atoms with Crippen LogP contribution < -0.4 is 0 Å². The first-order chi connectivity index (χ1) is 34.2. The van der Waals surface area contributed by atoms with E-state index in [1.165, 1.54) is 25.7 Å². The standard InChI is InChI=1S/C58H97O11P/c1-4-7-10-13-16-19-22-25-27-30-32-35-38-41-44-47-56(60)65-51-55(69-58(62)49-46-43-40-37-34-31-28-26-23-20-17-14-11-8-5-2)53-67-70(63,64)66-52-54(50-59)68-57(61)48-45-42-39-36-33-29-24-21-18-15-12-9-6-3/h7-8,10-11,16-17,19-21,24-28,32,35,54-55,59H,4-6,9,12-15,18,22-23,29-31,33-34,36-53H2,1-3H3,(H,63,64)/b10-7-,11-8-,19-16-,20-17-,24-21-,27-25-,28-26-,35-32-. The Kier molecular flexibility index (Phi) is 49.1. The summed E-state index contributed by atoms with van der Waals surface area (Å²) in [4.78, 5) is 48.4. The van der Waals surface area contributed by atoms with Crippen molar-refractivity contribution in [2.24, 2.45) is 0 Å². The van der Waals surface area contributed by atoms with Gasteiger partial charge in [0, 0.05) is 19.3 Å². The molecule has 0 aromatic carbocycles. The second-order valence-electron chi connectivity index (χ2n) is 17.6. The number of rotatable bonds is 49. The minimum Gasteiger partial charge on any atom is -0.462 e. The Morgan fingerprint density at radius 2 is 0.743 bits per heavy atom. The lowest BCUT2D eigenvalue weighted by Crippen LogP contribution is -2.30. The molecule has 0 aromatic heterocycles. The molecule has 0 saturated heterocycles. The van der Waals surface area contributed by atoms with E-state index in [-0.39, 0.29) is 25.9 Å². The molecule has 12 heteroatoms. The van der Waals surface area contributed by atoms with Crippen LogP contribution in [0.1, 0.15) is 213 Å². The average molecular weight is 1000 g/mol. The predicted octanol–water partition coefficient (Wildman–Crippen LogP) is 15.7. The number of ether oxygens (including phenoxy) is 3. The molecule has 3 unspecified atom stereocenters. The molecule has 3 atom stereocenters. The Bertz CT molecular complexity index is 1540. The van der Waals surface area contributed by atoms with Gasteiger partial charge in [-0.15, -0.1) is 0 Å². The minimum atomic E-state index is -4.76. The van der Waals surface area contributed by atoms with Gasteiger partial charge in [0.25, 0.3) is 0 Å². The van der Waals surface area contributed by atoms with Crippen molar-refractivity contribution < 1.29 is 52.2 Å². The van der Waals surface area contributed by atoms with Crippen LogP contribution in [0.5, 0.6) is 0 Å². The molecule has 0 saturated carbocycles. The summed E-state index contributed by atoms with van der Waals surface area (Å²) in [6.45, 7) is 4.31. The molecule has 400 valence electrons. The van der Waals surface area contributed by atoms with Gasteiger partial charge in [-0.05, 0) is 116 Å². The second-order valence-corrected chi connectivity index (χ2v) is 19.1. The van der Waals surface area contributed by atoms with Gasteiger partial charge in [-0.3, -0.25) is 23.4 Å². The Labute approximate surface area is 425 Å². The smallest absolute Gasteiger partial charge is 0.462 e. The number of phosphoric ester groups is 1. The molecular formula is C58H97O11P. The van der Waals surface area contributed by atoms with Crippen LogP contribution in [0, 0.1) is 0 Å². The number of unbranched alkanes of at least 4 members (excludes halogenated alkanes) is 16. The Morgan fingerprint density at radius 3 is 1.19 bits per heavy atom. The Hall–Kier alpha value is -3.60. The Morgan fingerprint density at radius 1 is 0.414 bits per heavy atom. The second kappa shape index (κ2) is 51.7. The number of hydrogen-bond donors (Lipinski definition) is 2. The van der Waals surface area contributed by atoms with Crippen LogP contribution >= 0.6 is 7.82 Å². The normalized spacial score (nSPS) is 14.2. The van der Waals surface area contributed by atoms with E-state index in [4.69, 9.17) is 23.3 Å². The summed E-state index contributed by atoms with van der Waals surface area (Å²) in [7, 11) is -4.76. The third-order valence-electron chi connectivity index (χ3n) is 11.0. The summed E-state index contributed by atoms with van der Waals surface area (Å²) in [5, 5.41) is 9.79. The fourth-order valence-corrected chi connectivity index (χ4v) is 7.67. The molecule has 0 aliphatic carbocycles. The van der Waals surface area contributed by atoms with E-state index in [9.17, 15) is 28.9 Å². The number of phosphoric acid groups is 1. The van der Waals surface area contributed by atoms with Crippen LogP contribution in [0.15, 0.2) is 97.2 Å². The fraction of sp³-hybridized carbons (Fsp3) is 0.672. The topological polar surface area (TPSA) is 155 Å². The predicted molar refractivity (Wildman–Crippen MR) is 288 cm³/mol. The van der Waals surface area contributed by atoms with Gasteiger partial charge < -0.3 is 24.2 Å². The molecule has 0 spiro atoms. The lowest BCUT2D eigenvalue weighted by Gasteiger charge is -2.21. The molecule has 0 heterocycles. The highest BCUT2D eigenvalue weighted by Crippen LogP contribution is 2.43. The van der Waals surface area contributed by atoms with Gasteiger partial charge in [0.1, 0.15) is 12.7 Å². The van der Waals surface area contributed by atoms with E-state index >= 15 is 0 Å². The molecule has 0 fully saturated rings. The molecule has 0 bridgehead atoms. The van der Waals surface area contributed by atoms with Gasteiger partial charge in [-0.25, -0.2) is 4.57 Å². The minimum absolute atomic E-state index is 0.134. The molecule has 2 N–H and O–H groups in total. The van der Waals surface area contributed by atoms with Crippen molar-refractivity contribution in [2.45, 2.75) is 226 Å². The summed E-state index contributed by atoms with van der Waals surface area (Å²) < 4.78 is 39.4. The van der Waals surface area contributed by atoms with E-state index in [1.807, 2.05) is 0 Å². The number of aliphatic hydroxyl groups excluding tert-OH is 1. The highest BCUT2D eigenvalue weighted by atomic mass is 31.2. The third kappa shape index (κ3) is 49.4. The van der Waals surface area contributed by atoms with Crippen LogP contribution in [0.2, 0.25) is 0 Å². The van der Waals surface area contributed by atoms with Crippen molar-refractivity contribution in [1.82, 2.24) is 0 Å². The van der Waals surface area contributed by atoms with Crippen LogP contribution in [0.3, 0.4) is 0 Å². The van der Waals surface area contributed by atoms with E-state index in [2.05, 4.69) is 118 Å². The summed E-state index contributed by atoms with van der Waals surface area (Å²) in [5.41, 5.74) is 0. The summed E-state index contributed by atoms with van der Waals surface area (Å²) in [5.74, 6) is -1.55. The van der Waals surface area contributed by atoms with E-state index < -0.39 is 57.8 Å². The first-order valence-corrected chi connectivity index (χ1v) is 28.6. The van der Waals surface area contributed by atoms with Crippen LogP contribution in [-0.2, 0) is 42.2 Å². The molecular weight excluding hydrogens is 904 g/mol. The Balaban J connectivity index is 4.84. The molecule has 0 aromatic rings. The fourth-order valence-electron chi connectivity index (χ4n) is 6.88. The molecule has 0 amide bonds. The average Bonchev–Trinajstić information content (AvgIpc) is 3.35. The number of aliphatic hydroxyl groups is 1. The monoisotopic (exact) mass is 1000 g/mol. The van der Waals surface area contributed by atoms with Gasteiger partial charge in [0.05, 0.1) is 19.8 Å². The van der Waals surface area contributed by atoms with Crippen LogP contribution in [0.25, 0.3) is 0 Å². The molecule has 70 heavy (non-hydrogen) atoms. The maximum Gasteiger partial charge on any atom is 0.472 e. The van der Waals surface area contributed by atoms with Gasteiger partial charge >= 0.3 is 25.7 Å². The maximum atomic E-state index is 12.9. The first-order valence-electron chi connectivity index (χ1n) is 27.1. The largest absolute Gasteiger partial charge is 0.472 e. The van der Waals surface area contributed by atoms with Crippen molar-refractivity contribution in [3.63, 3.8) is 0 Å². The molecule has 0 rings (SSSR count).